The number of allylic oxidation sites excluding steroid dienone is 1. The highest BCUT2D eigenvalue weighted by molar-refractivity contribution is 6.09. The average Bonchev–Trinajstić information content (AvgIpc) is 2.55. The van der Waals surface area contributed by atoms with E-state index in [2.05, 4.69) is 4.99 Å². The van der Waals surface area contributed by atoms with Crippen LogP contribution < -0.4 is 0 Å². The van der Waals surface area contributed by atoms with Gasteiger partial charge in [0, 0.05) is 23.7 Å². The summed E-state index contributed by atoms with van der Waals surface area (Å²) in [6.45, 7) is 7.75. The second kappa shape index (κ2) is 8.04. The molecule has 24 heavy (non-hydrogen) atoms. The minimum absolute atomic E-state index is 0.127. The summed E-state index contributed by atoms with van der Waals surface area (Å²) in [6, 6.07) is 9.70. The molecule has 0 bridgehead atoms. The first-order chi connectivity index (χ1) is 11.5. The molecule has 4 heteroatoms. The summed E-state index contributed by atoms with van der Waals surface area (Å²) in [5.41, 5.74) is 2.86. The van der Waals surface area contributed by atoms with E-state index >= 15 is 0 Å². The average molecular weight is 327 g/mol. The number of nitrogens with zero attached hydrogens (tertiary/aromatic N) is 1. The molecule has 1 aliphatic heterocycles. The third-order valence-electron chi connectivity index (χ3n) is 4.33. The van der Waals surface area contributed by atoms with Gasteiger partial charge in [0.2, 0.25) is 0 Å². The number of benzene rings is 1. The molecule has 0 saturated heterocycles. The van der Waals surface area contributed by atoms with E-state index < -0.39 is 5.92 Å². The molecule has 1 heterocycles. The van der Waals surface area contributed by atoms with Crippen molar-refractivity contribution in [2.75, 3.05) is 6.61 Å². The van der Waals surface area contributed by atoms with Crippen LogP contribution in [0.15, 0.2) is 46.6 Å². The van der Waals surface area contributed by atoms with E-state index in [1.807, 2.05) is 51.1 Å². The van der Waals surface area contributed by atoms with Gasteiger partial charge in [-0.1, -0.05) is 37.3 Å². The number of hydrogen-bond donors (Lipinski definition) is 0. The van der Waals surface area contributed by atoms with E-state index in [9.17, 15) is 9.59 Å². The number of hydrogen-bond acceptors (Lipinski definition) is 4. The lowest BCUT2D eigenvalue weighted by atomic mass is 9.73. The lowest BCUT2D eigenvalue weighted by molar-refractivity contribution is -0.139. The van der Waals surface area contributed by atoms with Crippen LogP contribution in [-0.4, -0.2) is 24.1 Å². The molecular weight excluding hydrogens is 302 g/mol. The monoisotopic (exact) mass is 327 g/mol. The maximum Gasteiger partial charge on any atom is 0.336 e. The van der Waals surface area contributed by atoms with E-state index in [4.69, 9.17) is 4.74 Å². The van der Waals surface area contributed by atoms with Crippen molar-refractivity contribution in [1.82, 2.24) is 0 Å². The molecule has 1 unspecified atom stereocenters. The van der Waals surface area contributed by atoms with Crippen molar-refractivity contribution in [3.63, 3.8) is 0 Å². The zero-order valence-corrected chi connectivity index (χ0v) is 14.8. The van der Waals surface area contributed by atoms with Crippen LogP contribution >= 0.6 is 0 Å². The van der Waals surface area contributed by atoms with E-state index in [1.165, 1.54) is 0 Å². The maximum absolute atomic E-state index is 12.8. The van der Waals surface area contributed by atoms with Crippen LogP contribution in [0.1, 0.15) is 52.0 Å². The lowest BCUT2D eigenvalue weighted by Crippen LogP contribution is -2.35. The first kappa shape index (κ1) is 18.1. The summed E-state index contributed by atoms with van der Waals surface area (Å²) < 4.78 is 5.25. The maximum atomic E-state index is 12.8. The fourth-order valence-electron chi connectivity index (χ4n) is 3.35. The Kier molecular flexibility index (Phi) is 6.07. The molecule has 128 valence electrons. The number of aliphatic imine (C=N–C) groups is 1. The first-order valence-electron chi connectivity index (χ1n) is 8.51. The topological polar surface area (TPSA) is 55.7 Å². The number of carbonyl (C=O) groups excluding carboxylic acids is 2. The van der Waals surface area contributed by atoms with Crippen molar-refractivity contribution in [3.05, 3.63) is 47.2 Å². The first-order valence-corrected chi connectivity index (χ1v) is 8.51. The lowest BCUT2D eigenvalue weighted by Gasteiger charge is -2.32. The molecule has 1 aromatic carbocycles. The number of carbonyl (C=O) groups is 2. The summed E-state index contributed by atoms with van der Waals surface area (Å²) >= 11 is 0. The van der Waals surface area contributed by atoms with Crippen LogP contribution in [0.3, 0.4) is 0 Å². The predicted octanol–water partition coefficient (Wildman–Crippen LogP) is 4.07. The second-order valence-corrected chi connectivity index (χ2v) is 6.06. The zero-order chi connectivity index (χ0) is 17.7. The summed E-state index contributed by atoms with van der Waals surface area (Å²) in [5, 5.41) is 0. The minimum Gasteiger partial charge on any atom is -0.463 e. The Morgan fingerprint density at radius 1 is 1.12 bits per heavy atom. The van der Waals surface area contributed by atoms with Crippen LogP contribution in [0.5, 0.6) is 0 Å². The van der Waals surface area contributed by atoms with E-state index in [0.29, 0.717) is 24.3 Å². The van der Waals surface area contributed by atoms with Crippen molar-refractivity contribution in [2.45, 2.75) is 46.5 Å². The number of ether oxygens (including phenoxy) is 1. The fraction of sp³-hybridized carbons (Fsp3) is 0.450. The highest BCUT2D eigenvalue weighted by Crippen LogP contribution is 2.40. The van der Waals surface area contributed by atoms with E-state index in [0.717, 1.165) is 17.7 Å². The minimum atomic E-state index is -0.407. The number of ketones is 1. The molecule has 0 fully saturated rings. The van der Waals surface area contributed by atoms with Gasteiger partial charge in [0.25, 0.3) is 0 Å². The normalized spacial score (nSPS) is 20.6. The Hall–Kier alpha value is -2.23. The van der Waals surface area contributed by atoms with Gasteiger partial charge in [0.05, 0.1) is 18.1 Å². The molecule has 0 saturated carbocycles. The summed E-state index contributed by atoms with van der Waals surface area (Å²) in [4.78, 5) is 29.8. The molecule has 0 amide bonds. The molecule has 2 atom stereocenters. The Morgan fingerprint density at radius 2 is 1.79 bits per heavy atom. The van der Waals surface area contributed by atoms with Crippen LogP contribution in [0.4, 0.5) is 0 Å². The number of esters is 1. The number of Topliss-reactive ketones (excluding diaryl/α,β-unsaturated/α-hetero) is 1. The summed E-state index contributed by atoms with van der Waals surface area (Å²) in [6.07, 6.45) is 1.26. The standard InChI is InChI=1S/C20H25NO3/c1-5-10-16(22)17-13(3)21-14(4)18(20(23)24-6-2)19(17)15-11-8-7-9-12-15/h7-9,11-12,17,19H,5-6,10H2,1-4H3/t17?,19-/m0/s1. The highest BCUT2D eigenvalue weighted by Gasteiger charge is 2.40. The van der Waals surface area contributed by atoms with Gasteiger partial charge < -0.3 is 4.74 Å². The van der Waals surface area contributed by atoms with Crippen LogP contribution in [0.2, 0.25) is 0 Å². The van der Waals surface area contributed by atoms with Crippen molar-refractivity contribution in [2.24, 2.45) is 10.9 Å². The van der Waals surface area contributed by atoms with Gasteiger partial charge >= 0.3 is 5.97 Å². The van der Waals surface area contributed by atoms with Crippen LogP contribution in [0.25, 0.3) is 0 Å². The molecular formula is C20H25NO3. The van der Waals surface area contributed by atoms with Gasteiger partial charge in [-0.15, -0.1) is 0 Å². The van der Waals surface area contributed by atoms with Gasteiger partial charge in [0.1, 0.15) is 5.78 Å². The second-order valence-electron chi connectivity index (χ2n) is 6.06. The van der Waals surface area contributed by atoms with Crippen LogP contribution in [-0.2, 0) is 14.3 Å². The molecule has 2 rings (SSSR count). The third-order valence-corrected chi connectivity index (χ3v) is 4.33. The molecule has 0 spiro atoms. The van der Waals surface area contributed by atoms with E-state index in [-0.39, 0.29) is 17.7 Å². The molecule has 0 aromatic heterocycles. The predicted molar refractivity (Wildman–Crippen MR) is 95.0 cm³/mol. The number of rotatable bonds is 6. The van der Waals surface area contributed by atoms with Gasteiger partial charge in [0.15, 0.2) is 0 Å². The van der Waals surface area contributed by atoms with Crippen LogP contribution in [0, 0.1) is 5.92 Å². The Balaban J connectivity index is 2.58. The zero-order valence-electron chi connectivity index (χ0n) is 14.8. The molecule has 0 radical (unpaired) electrons. The highest BCUT2D eigenvalue weighted by atomic mass is 16.5. The fourth-order valence-corrected chi connectivity index (χ4v) is 3.35. The quantitative estimate of drug-likeness (QED) is 0.740. The molecule has 1 aliphatic rings. The summed E-state index contributed by atoms with van der Waals surface area (Å²) in [7, 11) is 0. The Labute approximate surface area is 143 Å². The summed E-state index contributed by atoms with van der Waals surface area (Å²) in [5.74, 6) is -0.992. The Morgan fingerprint density at radius 3 is 2.38 bits per heavy atom. The largest absolute Gasteiger partial charge is 0.463 e. The van der Waals surface area contributed by atoms with Gasteiger partial charge in [-0.05, 0) is 32.8 Å². The van der Waals surface area contributed by atoms with Gasteiger partial charge in [-0.3, -0.25) is 9.79 Å². The van der Waals surface area contributed by atoms with Gasteiger partial charge in [-0.25, -0.2) is 4.79 Å². The van der Waals surface area contributed by atoms with Crippen molar-refractivity contribution in [3.8, 4) is 0 Å². The molecule has 4 nitrogen and oxygen atoms in total. The molecule has 0 aliphatic carbocycles. The van der Waals surface area contributed by atoms with Crippen molar-refractivity contribution < 1.29 is 14.3 Å². The molecule has 1 aromatic rings. The smallest absolute Gasteiger partial charge is 0.336 e. The Bertz CT molecular complexity index is 673. The SMILES string of the molecule is CCCC(=O)C1C(C)=NC(C)=C(C(=O)OCC)[C@H]1c1ccccc1. The van der Waals surface area contributed by atoms with Gasteiger partial charge in [-0.2, -0.15) is 0 Å². The van der Waals surface area contributed by atoms with Crippen molar-refractivity contribution >= 4 is 17.5 Å². The van der Waals surface area contributed by atoms with E-state index in [1.54, 1.807) is 6.92 Å². The molecule has 0 N–H and O–H groups in total. The van der Waals surface area contributed by atoms with Crippen molar-refractivity contribution in [1.29, 1.82) is 0 Å². The third kappa shape index (κ3) is 3.64.